The molecule has 0 saturated heterocycles. The summed E-state index contributed by atoms with van der Waals surface area (Å²) in [7, 11) is 0. The van der Waals surface area contributed by atoms with Gasteiger partial charge in [0.2, 0.25) is 0 Å². The Morgan fingerprint density at radius 3 is 1.37 bits per heavy atom. The van der Waals surface area contributed by atoms with Crippen molar-refractivity contribution in [1.82, 2.24) is 0 Å². The van der Waals surface area contributed by atoms with E-state index in [2.05, 4.69) is 0 Å². The molecule has 2 unspecified atom stereocenters. The van der Waals surface area contributed by atoms with Gasteiger partial charge in [-0.05, 0) is 36.9 Å². The van der Waals surface area contributed by atoms with Crippen LogP contribution in [0.15, 0.2) is 0 Å². The minimum absolute atomic E-state index is 0. The van der Waals surface area contributed by atoms with Gasteiger partial charge in [-0.2, -0.15) is 23.5 Å². The maximum atomic E-state index is 10.1. The summed E-state index contributed by atoms with van der Waals surface area (Å²) < 4.78 is 0. The molecule has 0 aromatic carbocycles. The number of hydrogen-bond acceptors (Lipinski definition) is 6. The number of carboxylic acids is 2. The van der Waals surface area contributed by atoms with E-state index >= 15 is 0 Å². The van der Waals surface area contributed by atoms with E-state index in [0.717, 1.165) is 11.5 Å². The minimum atomic E-state index is -0.913. The summed E-state index contributed by atoms with van der Waals surface area (Å²) in [6, 6.07) is -1.37. The van der Waals surface area contributed by atoms with E-state index < -0.39 is 24.0 Å². The van der Waals surface area contributed by atoms with Gasteiger partial charge in [0, 0.05) is 17.1 Å². The van der Waals surface area contributed by atoms with E-state index in [1.165, 1.54) is 0 Å². The summed E-state index contributed by atoms with van der Waals surface area (Å²) in [6.45, 7) is 0. The maximum Gasteiger partial charge on any atom is 0.320 e. The van der Waals surface area contributed by atoms with Crippen LogP contribution in [-0.2, 0) is 26.7 Å². The van der Waals surface area contributed by atoms with E-state index in [-0.39, 0.29) is 17.1 Å². The third-order valence-electron chi connectivity index (χ3n) is 1.90. The molecule has 0 bridgehead atoms. The van der Waals surface area contributed by atoms with Crippen LogP contribution in [0.4, 0.5) is 0 Å². The number of thioether (sulfide) groups is 2. The molecule has 0 amide bonds. The smallest absolute Gasteiger partial charge is 0.320 e. The van der Waals surface area contributed by atoms with Gasteiger partial charge in [0.05, 0.1) is 0 Å². The summed E-state index contributed by atoms with van der Waals surface area (Å²) in [6.07, 6.45) is 4.95. The molecule has 0 fully saturated rings. The Hall–Kier alpha value is 0.0795. The monoisotopic (exact) mass is 354 g/mol. The Kier molecular flexibility index (Phi) is 20.5. The molecule has 0 aliphatic carbocycles. The van der Waals surface area contributed by atoms with Crippen LogP contribution in [0.1, 0.15) is 12.8 Å². The largest absolute Gasteiger partial charge is 0.480 e. The summed E-state index contributed by atoms with van der Waals surface area (Å²) in [5, 5.41) is 16.5. The molecule has 0 aliphatic heterocycles. The molecule has 6 N–H and O–H groups in total. The molecule has 116 valence electrons. The number of carbonyl (C=O) groups is 2. The zero-order valence-corrected chi connectivity index (χ0v) is 13.8. The Labute approximate surface area is 132 Å². The average Bonchev–Trinajstić information content (AvgIpc) is 2.33. The second-order valence-electron chi connectivity index (χ2n) is 3.45. The Morgan fingerprint density at radius 2 is 1.21 bits per heavy atom. The zero-order valence-electron chi connectivity index (χ0n) is 11.0. The number of hydrogen-bond donors (Lipinski definition) is 4. The van der Waals surface area contributed by atoms with Crippen LogP contribution in [0.3, 0.4) is 0 Å². The first-order valence-corrected chi connectivity index (χ1v) is 8.10. The average molecular weight is 354 g/mol. The van der Waals surface area contributed by atoms with Crippen LogP contribution in [0.25, 0.3) is 0 Å². The van der Waals surface area contributed by atoms with Gasteiger partial charge in [-0.3, -0.25) is 9.59 Å². The molecule has 0 aliphatic rings. The van der Waals surface area contributed by atoms with E-state index in [0.29, 0.717) is 12.8 Å². The Balaban J connectivity index is -0.000000256. The van der Waals surface area contributed by atoms with Crippen molar-refractivity contribution in [3.63, 3.8) is 0 Å². The molecule has 0 heterocycles. The molecule has 2 atom stereocenters. The molecule has 0 aromatic rings. The third kappa shape index (κ3) is 18.1. The fourth-order valence-corrected chi connectivity index (χ4v) is 1.72. The van der Waals surface area contributed by atoms with Crippen LogP contribution in [0.5, 0.6) is 0 Å². The van der Waals surface area contributed by atoms with Crippen molar-refractivity contribution in [1.29, 1.82) is 0 Å². The molecule has 9 heteroatoms. The van der Waals surface area contributed by atoms with Crippen LogP contribution in [0.2, 0.25) is 0 Å². The molecule has 0 rings (SSSR count). The van der Waals surface area contributed by atoms with E-state index in [9.17, 15) is 9.59 Å². The first kappa shape index (κ1) is 24.1. The molecular formula is C10H22FeN2O4S2. The van der Waals surface area contributed by atoms with Crippen molar-refractivity contribution in [3.8, 4) is 0 Å². The van der Waals surface area contributed by atoms with Crippen molar-refractivity contribution in [3.05, 3.63) is 0 Å². The standard InChI is InChI=1S/2C5H11NO2S.Fe/c2*1-9-3-2-4(6)5(7)8;/h2*4H,2-3,6H2,1H3,(H,7,8);. The van der Waals surface area contributed by atoms with Gasteiger partial charge >= 0.3 is 11.9 Å². The van der Waals surface area contributed by atoms with Gasteiger partial charge in [0.25, 0.3) is 0 Å². The molecule has 0 radical (unpaired) electrons. The SMILES string of the molecule is CSCCC(N)C(=O)O.CSCCC(N)C(=O)O.[Fe]. The summed E-state index contributed by atoms with van der Waals surface area (Å²) in [5.41, 5.74) is 10.4. The van der Waals surface area contributed by atoms with E-state index in [1.807, 2.05) is 12.5 Å². The van der Waals surface area contributed by atoms with Crippen LogP contribution in [0, 0.1) is 0 Å². The van der Waals surface area contributed by atoms with Gasteiger partial charge in [-0.15, -0.1) is 0 Å². The maximum absolute atomic E-state index is 10.1. The molecule has 0 saturated carbocycles. The van der Waals surface area contributed by atoms with Crippen molar-refractivity contribution in [2.45, 2.75) is 24.9 Å². The van der Waals surface area contributed by atoms with Gasteiger partial charge in [0.15, 0.2) is 0 Å². The van der Waals surface area contributed by atoms with Crippen LogP contribution < -0.4 is 11.5 Å². The number of aliphatic carboxylic acids is 2. The first-order valence-electron chi connectivity index (χ1n) is 5.31. The summed E-state index contributed by atoms with van der Waals surface area (Å²) >= 11 is 3.21. The van der Waals surface area contributed by atoms with Crippen LogP contribution in [-0.4, -0.2) is 58.3 Å². The number of carboxylic acid groups (broad SMARTS) is 2. The summed E-state index contributed by atoms with van der Waals surface area (Å²) in [4.78, 5) is 20.1. The predicted octanol–water partition coefficient (Wildman–Crippen LogP) is 0.300. The number of nitrogens with two attached hydrogens (primary N) is 2. The van der Waals surface area contributed by atoms with Gasteiger partial charge < -0.3 is 21.7 Å². The van der Waals surface area contributed by atoms with Crippen LogP contribution >= 0.6 is 23.5 Å². The van der Waals surface area contributed by atoms with Gasteiger partial charge in [-0.1, -0.05) is 0 Å². The summed E-state index contributed by atoms with van der Waals surface area (Å²) in [5.74, 6) is -0.200. The second kappa shape index (κ2) is 16.1. The topological polar surface area (TPSA) is 127 Å². The van der Waals surface area contributed by atoms with E-state index in [1.54, 1.807) is 23.5 Å². The molecular weight excluding hydrogens is 332 g/mol. The Bertz CT molecular complexity index is 224. The first-order chi connectivity index (χ1) is 8.36. The molecule has 19 heavy (non-hydrogen) atoms. The van der Waals surface area contributed by atoms with Crippen molar-refractivity contribution in [2.24, 2.45) is 11.5 Å². The normalized spacial score (nSPS) is 12.4. The Morgan fingerprint density at radius 1 is 0.947 bits per heavy atom. The fourth-order valence-electron chi connectivity index (χ4n) is 0.737. The van der Waals surface area contributed by atoms with E-state index in [4.69, 9.17) is 21.7 Å². The van der Waals surface area contributed by atoms with Crippen molar-refractivity contribution in [2.75, 3.05) is 24.0 Å². The molecule has 0 aromatic heterocycles. The minimum Gasteiger partial charge on any atom is -0.480 e. The molecule has 0 spiro atoms. The van der Waals surface area contributed by atoms with Gasteiger partial charge in [-0.25, -0.2) is 0 Å². The fraction of sp³-hybridized carbons (Fsp3) is 0.800. The van der Waals surface area contributed by atoms with Crippen molar-refractivity contribution < 1.29 is 36.9 Å². The quantitative estimate of drug-likeness (QED) is 0.459. The van der Waals surface area contributed by atoms with Gasteiger partial charge in [0.1, 0.15) is 12.1 Å². The second-order valence-corrected chi connectivity index (χ2v) is 5.42. The third-order valence-corrected chi connectivity index (χ3v) is 3.19. The number of rotatable bonds is 8. The zero-order chi connectivity index (χ0) is 14.6. The van der Waals surface area contributed by atoms with Crippen molar-refractivity contribution >= 4 is 35.5 Å². The molecule has 6 nitrogen and oxygen atoms in total. The predicted molar refractivity (Wildman–Crippen MR) is 77.2 cm³/mol.